The summed E-state index contributed by atoms with van der Waals surface area (Å²) in [5, 5.41) is 0. The summed E-state index contributed by atoms with van der Waals surface area (Å²) in [6.45, 7) is 2.20. The number of rotatable bonds is 8. The lowest BCUT2D eigenvalue weighted by Gasteiger charge is -2.38. The largest absolute Gasteiger partial charge is 0.459 e. The Kier molecular flexibility index (Phi) is 8.11. The molecule has 166 valence electrons. The molecule has 0 atom stereocenters. The molecule has 0 aliphatic heterocycles. The zero-order chi connectivity index (χ0) is 21.0. The molecule has 0 bridgehead atoms. The van der Waals surface area contributed by atoms with Crippen LogP contribution in [0.25, 0.3) is 0 Å². The summed E-state index contributed by atoms with van der Waals surface area (Å²) in [5.41, 5.74) is 0. The predicted molar refractivity (Wildman–Crippen MR) is 95.6 cm³/mol. The molecule has 0 nitrogen and oxygen atoms in total. The Balaban J connectivity index is 1.73. The first kappa shape index (κ1) is 23.8. The molecule has 2 saturated carbocycles. The molecule has 0 aromatic rings. The number of hydrogen-bond donors (Lipinski definition) is 0. The van der Waals surface area contributed by atoms with Crippen LogP contribution in [-0.4, -0.2) is 18.0 Å². The molecule has 2 fully saturated rings. The number of halogens is 7. The van der Waals surface area contributed by atoms with Gasteiger partial charge in [0.05, 0.1) is 0 Å². The van der Waals surface area contributed by atoms with Crippen LogP contribution in [0, 0.1) is 23.7 Å². The molecule has 0 spiro atoms. The maximum Gasteiger partial charge on any atom is 0.459 e. The average Bonchev–Trinajstić information content (AvgIpc) is 2.64. The van der Waals surface area contributed by atoms with E-state index in [1.807, 2.05) is 0 Å². The lowest BCUT2D eigenvalue weighted by molar-refractivity contribution is -0.356. The molecule has 2 aliphatic rings. The van der Waals surface area contributed by atoms with Crippen LogP contribution in [-0.2, 0) is 0 Å². The minimum atomic E-state index is -6.22. The lowest BCUT2D eigenvalue weighted by Crippen LogP contribution is -2.52. The quantitative estimate of drug-likeness (QED) is 0.347. The highest BCUT2D eigenvalue weighted by atomic mass is 19.4. The Morgan fingerprint density at radius 3 is 1.46 bits per heavy atom. The number of hydrogen-bond acceptors (Lipinski definition) is 0. The second kappa shape index (κ2) is 9.55. The Labute approximate surface area is 163 Å². The van der Waals surface area contributed by atoms with Gasteiger partial charge in [0.1, 0.15) is 0 Å². The van der Waals surface area contributed by atoms with Gasteiger partial charge in [0, 0.05) is 6.42 Å². The molecule has 0 saturated heterocycles. The van der Waals surface area contributed by atoms with Gasteiger partial charge in [-0.25, -0.2) is 0 Å². The fraction of sp³-hybridized carbons (Fsp3) is 1.00. The first-order valence-electron chi connectivity index (χ1n) is 10.8. The van der Waals surface area contributed by atoms with Crippen molar-refractivity contribution in [1.82, 2.24) is 0 Å². The fourth-order valence-electron chi connectivity index (χ4n) is 5.14. The van der Waals surface area contributed by atoms with Gasteiger partial charge in [-0.05, 0) is 55.8 Å². The van der Waals surface area contributed by atoms with Gasteiger partial charge < -0.3 is 0 Å². The third-order valence-corrected chi connectivity index (χ3v) is 7.10. The van der Waals surface area contributed by atoms with Crippen molar-refractivity contribution in [3.05, 3.63) is 0 Å². The highest BCUT2D eigenvalue weighted by Gasteiger charge is 2.72. The van der Waals surface area contributed by atoms with Crippen LogP contribution < -0.4 is 0 Å². The molecule has 0 aromatic heterocycles. The normalized spacial score (nSPS) is 30.4. The minimum Gasteiger partial charge on any atom is -0.200 e. The SMILES string of the molecule is CCCC[C@H]1CC[C@H](C2CCC(CCC(F)(F)C(F)(F)C(F)(F)F)CC2)CC1. The van der Waals surface area contributed by atoms with Crippen LogP contribution in [0.3, 0.4) is 0 Å². The van der Waals surface area contributed by atoms with E-state index in [0.717, 1.165) is 18.8 Å². The van der Waals surface area contributed by atoms with Crippen molar-refractivity contribution >= 4 is 0 Å². The summed E-state index contributed by atoms with van der Waals surface area (Å²) < 4.78 is 89.6. The molecule has 0 N–H and O–H groups in total. The van der Waals surface area contributed by atoms with Crippen LogP contribution in [0.15, 0.2) is 0 Å². The molecule has 2 rings (SSSR count). The van der Waals surface area contributed by atoms with E-state index >= 15 is 0 Å². The number of unbranched alkanes of at least 4 members (excludes halogenated alkanes) is 1. The molecule has 2 aliphatic carbocycles. The molecule has 0 radical (unpaired) electrons. The van der Waals surface area contributed by atoms with Crippen molar-refractivity contribution < 1.29 is 30.7 Å². The Bertz CT molecular complexity index is 456. The van der Waals surface area contributed by atoms with Gasteiger partial charge in [0.15, 0.2) is 0 Å². The summed E-state index contributed by atoms with van der Waals surface area (Å²) in [7, 11) is 0. The first-order chi connectivity index (χ1) is 13.0. The van der Waals surface area contributed by atoms with E-state index in [4.69, 9.17) is 0 Å². The Morgan fingerprint density at radius 1 is 0.643 bits per heavy atom. The Hall–Kier alpha value is -0.490. The summed E-state index contributed by atoms with van der Waals surface area (Å²) >= 11 is 0. The van der Waals surface area contributed by atoms with Crippen molar-refractivity contribution in [2.24, 2.45) is 23.7 Å². The smallest absolute Gasteiger partial charge is 0.200 e. The standard InChI is InChI=1S/C21H33F7/c1-2-3-4-15-5-9-17(10-6-15)18-11-7-16(8-12-18)13-14-19(22,23)20(24,25)21(26,27)28/h15-18H,2-14H2,1H3/t15-,16?,17-,18?. The fourth-order valence-corrected chi connectivity index (χ4v) is 5.14. The average molecular weight is 418 g/mol. The molecule has 28 heavy (non-hydrogen) atoms. The van der Waals surface area contributed by atoms with Crippen molar-refractivity contribution in [1.29, 1.82) is 0 Å². The maximum atomic E-state index is 13.5. The minimum absolute atomic E-state index is 0.174. The molecule has 0 unspecified atom stereocenters. The van der Waals surface area contributed by atoms with E-state index in [9.17, 15) is 30.7 Å². The summed E-state index contributed by atoms with van der Waals surface area (Å²) in [6, 6.07) is 0. The second-order valence-electron chi connectivity index (χ2n) is 9.02. The van der Waals surface area contributed by atoms with Crippen LogP contribution in [0.2, 0.25) is 0 Å². The monoisotopic (exact) mass is 418 g/mol. The van der Waals surface area contributed by atoms with Crippen LogP contribution in [0.4, 0.5) is 30.7 Å². The molecule has 0 aromatic carbocycles. The van der Waals surface area contributed by atoms with E-state index in [0.29, 0.717) is 24.7 Å². The van der Waals surface area contributed by atoms with Gasteiger partial charge in [0.2, 0.25) is 0 Å². The van der Waals surface area contributed by atoms with E-state index in [1.54, 1.807) is 0 Å². The zero-order valence-corrected chi connectivity index (χ0v) is 16.6. The van der Waals surface area contributed by atoms with Gasteiger partial charge in [0.25, 0.3) is 0 Å². The van der Waals surface area contributed by atoms with Gasteiger partial charge in [-0.1, -0.05) is 51.9 Å². The first-order valence-corrected chi connectivity index (χ1v) is 10.8. The van der Waals surface area contributed by atoms with Crippen LogP contribution in [0.1, 0.15) is 90.4 Å². The van der Waals surface area contributed by atoms with E-state index in [-0.39, 0.29) is 12.3 Å². The van der Waals surface area contributed by atoms with Gasteiger partial charge in [-0.2, -0.15) is 30.7 Å². The molecule has 7 heteroatoms. The highest BCUT2D eigenvalue weighted by molar-refractivity contribution is 4.92. The molecular formula is C21H33F7. The summed E-state index contributed by atoms with van der Waals surface area (Å²) in [4.78, 5) is 0. The van der Waals surface area contributed by atoms with E-state index < -0.39 is 24.4 Å². The van der Waals surface area contributed by atoms with Crippen LogP contribution in [0.5, 0.6) is 0 Å². The van der Waals surface area contributed by atoms with E-state index in [1.165, 1.54) is 44.9 Å². The number of alkyl halides is 7. The molecule has 0 amide bonds. The topological polar surface area (TPSA) is 0 Å². The van der Waals surface area contributed by atoms with Gasteiger partial charge in [-0.15, -0.1) is 0 Å². The second-order valence-corrected chi connectivity index (χ2v) is 9.02. The predicted octanol–water partition coefficient (Wildman–Crippen LogP) is 8.40. The summed E-state index contributed by atoms with van der Waals surface area (Å²) in [5.74, 6) is -9.14. The lowest BCUT2D eigenvalue weighted by atomic mass is 9.68. The van der Waals surface area contributed by atoms with Crippen molar-refractivity contribution in [3.63, 3.8) is 0 Å². The third-order valence-electron chi connectivity index (χ3n) is 7.10. The van der Waals surface area contributed by atoms with Crippen molar-refractivity contribution in [2.45, 2.75) is 108 Å². The zero-order valence-electron chi connectivity index (χ0n) is 16.6. The van der Waals surface area contributed by atoms with Crippen LogP contribution >= 0.6 is 0 Å². The van der Waals surface area contributed by atoms with E-state index in [2.05, 4.69) is 6.92 Å². The third kappa shape index (κ3) is 5.78. The summed E-state index contributed by atoms with van der Waals surface area (Å²) in [6.07, 6.45) is 3.92. The van der Waals surface area contributed by atoms with Gasteiger partial charge in [-0.3, -0.25) is 0 Å². The van der Waals surface area contributed by atoms with Crippen molar-refractivity contribution in [3.8, 4) is 0 Å². The highest BCUT2D eigenvalue weighted by Crippen LogP contribution is 2.50. The Morgan fingerprint density at radius 2 is 1.07 bits per heavy atom. The van der Waals surface area contributed by atoms with Crippen molar-refractivity contribution in [2.75, 3.05) is 0 Å². The molecule has 0 heterocycles. The maximum absolute atomic E-state index is 13.5. The van der Waals surface area contributed by atoms with Gasteiger partial charge >= 0.3 is 18.0 Å². The molecular weight excluding hydrogens is 385 g/mol.